The zero-order chi connectivity index (χ0) is 14.3. The zero-order valence-corrected chi connectivity index (χ0v) is 12.2. The SMILES string of the molecule is CC(C)N1CCC2(CC1)C[C@@H](N)c1ccc(F)cc1O2. The van der Waals surface area contributed by atoms with Crippen LogP contribution in [-0.4, -0.2) is 29.6 Å². The number of hydrogen-bond acceptors (Lipinski definition) is 3. The van der Waals surface area contributed by atoms with Crippen molar-refractivity contribution >= 4 is 0 Å². The molecule has 3 nitrogen and oxygen atoms in total. The van der Waals surface area contributed by atoms with E-state index >= 15 is 0 Å². The minimum atomic E-state index is -0.257. The van der Waals surface area contributed by atoms with Crippen molar-refractivity contribution in [3.63, 3.8) is 0 Å². The van der Waals surface area contributed by atoms with Crippen LogP contribution in [0.2, 0.25) is 0 Å². The Morgan fingerprint density at radius 2 is 2.05 bits per heavy atom. The Kier molecular flexibility index (Phi) is 3.46. The average molecular weight is 278 g/mol. The molecule has 1 saturated heterocycles. The van der Waals surface area contributed by atoms with Crippen molar-refractivity contribution in [1.82, 2.24) is 4.90 Å². The maximum Gasteiger partial charge on any atom is 0.127 e. The summed E-state index contributed by atoms with van der Waals surface area (Å²) < 4.78 is 19.6. The van der Waals surface area contributed by atoms with Gasteiger partial charge >= 0.3 is 0 Å². The van der Waals surface area contributed by atoms with E-state index in [0.717, 1.165) is 37.9 Å². The van der Waals surface area contributed by atoms with E-state index in [1.807, 2.05) is 0 Å². The highest BCUT2D eigenvalue weighted by Gasteiger charge is 2.42. The van der Waals surface area contributed by atoms with Gasteiger partial charge in [0.2, 0.25) is 0 Å². The summed E-state index contributed by atoms with van der Waals surface area (Å²) in [6.07, 6.45) is 2.77. The normalized spacial score (nSPS) is 25.6. The van der Waals surface area contributed by atoms with E-state index in [9.17, 15) is 4.39 Å². The first-order valence-corrected chi connectivity index (χ1v) is 7.47. The standard InChI is InChI=1S/C16H23FN2O/c1-11(2)19-7-5-16(6-8-19)10-14(18)13-4-3-12(17)9-15(13)20-16/h3-4,9,11,14H,5-8,10,18H2,1-2H3/t14-/m1/s1. The van der Waals surface area contributed by atoms with Crippen molar-refractivity contribution in [1.29, 1.82) is 0 Å². The molecule has 2 aliphatic heterocycles. The minimum Gasteiger partial charge on any atom is -0.487 e. The van der Waals surface area contributed by atoms with Gasteiger partial charge in [-0.15, -0.1) is 0 Å². The summed E-state index contributed by atoms with van der Waals surface area (Å²) >= 11 is 0. The summed E-state index contributed by atoms with van der Waals surface area (Å²) in [6, 6.07) is 5.21. The molecule has 0 aromatic heterocycles. The second kappa shape index (κ2) is 5.01. The topological polar surface area (TPSA) is 38.5 Å². The molecule has 0 aliphatic carbocycles. The van der Waals surface area contributed by atoms with Gasteiger partial charge in [-0.2, -0.15) is 0 Å². The molecule has 2 N–H and O–H groups in total. The van der Waals surface area contributed by atoms with Gasteiger partial charge in [-0.25, -0.2) is 4.39 Å². The Bertz CT molecular complexity index is 495. The Morgan fingerprint density at radius 3 is 2.70 bits per heavy atom. The lowest BCUT2D eigenvalue weighted by molar-refractivity contribution is -0.0281. The summed E-state index contributed by atoms with van der Waals surface area (Å²) in [5.74, 6) is 0.384. The number of benzene rings is 1. The van der Waals surface area contributed by atoms with Crippen molar-refractivity contribution in [2.24, 2.45) is 5.73 Å². The van der Waals surface area contributed by atoms with E-state index in [2.05, 4.69) is 18.7 Å². The van der Waals surface area contributed by atoms with Gasteiger partial charge in [0, 0.05) is 43.2 Å². The molecule has 0 unspecified atom stereocenters. The lowest BCUT2D eigenvalue weighted by Gasteiger charge is -2.47. The largest absolute Gasteiger partial charge is 0.487 e. The lowest BCUT2D eigenvalue weighted by atomic mass is 9.80. The predicted octanol–water partition coefficient (Wildman–Crippen LogP) is 2.85. The van der Waals surface area contributed by atoms with Crippen LogP contribution in [0.3, 0.4) is 0 Å². The van der Waals surface area contributed by atoms with Crippen LogP contribution in [-0.2, 0) is 0 Å². The highest BCUT2D eigenvalue weighted by molar-refractivity contribution is 5.39. The van der Waals surface area contributed by atoms with Gasteiger partial charge in [-0.3, -0.25) is 0 Å². The quantitative estimate of drug-likeness (QED) is 0.858. The first kappa shape index (κ1) is 13.8. The number of likely N-dealkylation sites (tertiary alicyclic amines) is 1. The number of fused-ring (bicyclic) bond motifs is 1. The van der Waals surface area contributed by atoms with Gasteiger partial charge in [0.25, 0.3) is 0 Å². The van der Waals surface area contributed by atoms with Gasteiger partial charge in [0.05, 0.1) is 0 Å². The number of piperidine rings is 1. The molecule has 0 amide bonds. The third-order valence-electron chi connectivity index (χ3n) is 4.73. The monoisotopic (exact) mass is 278 g/mol. The number of ether oxygens (including phenoxy) is 1. The summed E-state index contributed by atoms with van der Waals surface area (Å²) in [5.41, 5.74) is 7.01. The van der Waals surface area contributed by atoms with E-state index in [0.29, 0.717) is 11.8 Å². The molecule has 1 atom stereocenters. The third-order valence-corrected chi connectivity index (χ3v) is 4.73. The molecule has 0 bridgehead atoms. The maximum absolute atomic E-state index is 13.4. The zero-order valence-electron chi connectivity index (χ0n) is 12.2. The molecule has 20 heavy (non-hydrogen) atoms. The van der Waals surface area contributed by atoms with Crippen molar-refractivity contribution < 1.29 is 9.13 Å². The molecule has 1 aromatic rings. The highest BCUT2D eigenvalue weighted by Crippen LogP contribution is 2.43. The van der Waals surface area contributed by atoms with E-state index in [4.69, 9.17) is 10.5 Å². The number of nitrogens with zero attached hydrogens (tertiary/aromatic N) is 1. The Morgan fingerprint density at radius 1 is 1.35 bits per heavy atom. The number of halogens is 1. The molecule has 2 heterocycles. The average Bonchev–Trinajstić information content (AvgIpc) is 2.38. The Labute approximate surface area is 119 Å². The highest BCUT2D eigenvalue weighted by atomic mass is 19.1. The van der Waals surface area contributed by atoms with Crippen LogP contribution in [0.5, 0.6) is 5.75 Å². The van der Waals surface area contributed by atoms with Crippen molar-refractivity contribution in [2.45, 2.75) is 50.8 Å². The maximum atomic E-state index is 13.4. The van der Waals surface area contributed by atoms with E-state index in [-0.39, 0.29) is 17.5 Å². The van der Waals surface area contributed by atoms with Gasteiger partial charge in [0.1, 0.15) is 17.2 Å². The lowest BCUT2D eigenvalue weighted by Crippen LogP contribution is -2.52. The van der Waals surface area contributed by atoms with Crippen molar-refractivity contribution in [3.05, 3.63) is 29.6 Å². The summed E-state index contributed by atoms with van der Waals surface area (Å²) in [7, 11) is 0. The van der Waals surface area contributed by atoms with Crippen LogP contribution in [0.1, 0.15) is 44.7 Å². The third kappa shape index (κ3) is 2.42. The second-order valence-corrected chi connectivity index (χ2v) is 6.41. The molecule has 0 saturated carbocycles. The first-order valence-electron chi connectivity index (χ1n) is 7.47. The molecule has 2 aliphatic rings. The molecule has 1 aromatic carbocycles. The number of rotatable bonds is 1. The van der Waals surface area contributed by atoms with Gasteiger partial charge in [-0.05, 0) is 32.8 Å². The summed E-state index contributed by atoms with van der Waals surface area (Å²) in [5, 5.41) is 0. The van der Waals surface area contributed by atoms with E-state index in [1.54, 1.807) is 6.07 Å². The molecule has 1 spiro atoms. The Balaban J connectivity index is 1.81. The molecular formula is C16H23FN2O. The fourth-order valence-corrected chi connectivity index (χ4v) is 3.44. The fraction of sp³-hybridized carbons (Fsp3) is 0.625. The summed E-state index contributed by atoms with van der Waals surface area (Å²) in [6.45, 7) is 6.48. The van der Waals surface area contributed by atoms with Crippen LogP contribution < -0.4 is 10.5 Å². The number of nitrogens with two attached hydrogens (primary N) is 1. The van der Waals surface area contributed by atoms with Crippen LogP contribution in [0, 0.1) is 5.82 Å². The predicted molar refractivity (Wildman–Crippen MR) is 77.2 cm³/mol. The van der Waals surface area contributed by atoms with Gasteiger partial charge in [-0.1, -0.05) is 6.07 Å². The Hall–Kier alpha value is -1.13. The molecule has 0 radical (unpaired) electrons. The fourth-order valence-electron chi connectivity index (χ4n) is 3.44. The first-order chi connectivity index (χ1) is 9.49. The van der Waals surface area contributed by atoms with Crippen molar-refractivity contribution in [3.8, 4) is 5.75 Å². The minimum absolute atomic E-state index is 0.0510. The molecular weight excluding hydrogens is 255 g/mol. The van der Waals surface area contributed by atoms with Gasteiger partial charge in [0.15, 0.2) is 0 Å². The number of hydrogen-bond donors (Lipinski definition) is 1. The van der Waals surface area contributed by atoms with E-state index in [1.165, 1.54) is 12.1 Å². The van der Waals surface area contributed by atoms with Gasteiger partial charge < -0.3 is 15.4 Å². The van der Waals surface area contributed by atoms with Crippen LogP contribution >= 0.6 is 0 Å². The van der Waals surface area contributed by atoms with Crippen LogP contribution in [0.25, 0.3) is 0 Å². The van der Waals surface area contributed by atoms with E-state index < -0.39 is 0 Å². The molecule has 110 valence electrons. The van der Waals surface area contributed by atoms with Crippen LogP contribution in [0.15, 0.2) is 18.2 Å². The molecule has 4 heteroatoms. The molecule has 1 fully saturated rings. The smallest absolute Gasteiger partial charge is 0.127 e. The summed E-state index contributed by atoms with van der Waals surface area (Å²) in [4.78, 5) is 2.46. The second-order valence-electron chi connectivity index (χ2n) is 6.41. The van der Waals surface area contributed by atoms with Crippen LogP contribution in [0.4, 0.5) is 4.39 Å². The van der Waals surface area contributed by atoms with Crippen molar-refractivity contribution in [2.75, 3.05) is 13.1 Å². The molecule has 3 rings (SSSR count).